The van der Waals surface area contributed by atoms with Gasteiger partial charge in [0.05, 0.1) is 18.7 Å². The van der Waals surface area contributed by atoms with E-state index in [-0.39, 0.29) is 11.9 Å². The molecule has 0 amide bonds. The van der Waals surface area contributed by atoms with Crippen LogP contribution in [0.2, 0.25) is 0 Å². The highest BCUT2D eigenvalue weighted by Gasteiger charge is 2.22. The standard InChI is InChI=1S/C14H19N3O3/c1-4-19-11-8-6-7-10-12(11)16-14(15)17(10)9(3)13(18)20-5-2/h6-9H,4-5H2,1-3H3,(H2,15,16). The van der Waals surface area contributed by atoms with Gasteiger partial charge in [-0.2, -0.15) is 0 Å². The minimum Gasteiger partial charge on any atom is -0.492 e. The molecule has 1 aromatic heterocycles. The van der Waals surface area contributed by atoms with E-state index < -0.39 is 6.04 Å². The normalized spacial score (nSPS) is 12.3. The number of nitrogens with zero attached hydrogens (tertiary/aromatic N) is 2. The lowest BCUT2D eigenvalue weighted by atomic mass is 10.2. The predicted molar refractivity (Wildman–Crippen MR) is 76.7 cm³/mol. The number of hydrogen-bond acceptors (Lipinski definition) is 5. The summed E-state index contributed by atoms with van der Waals surface area (Å²) < 4.78 is 12.2. The Bertz CT molecular complexity index is 621. The van der Waals surface area contributed by atoms with E-state index in [9.17, 15) is 4.79 Å². The van der Waals surface area contributed by atoms with Crippen LogP contribution in [0, 0.1) is 0 Å². The molecule has 6 nitrogen and oxygen atoms in total. The Morgan fingerprint density at radius 1 is 1.40 bits per heavy atom. The molecule has 6 heteroatoms. The Morgan fingerprint density at radius 2 is 2.15 bits per heavy atom. The summed E-state index contributed by atoms with van der Waals surface area (Å²) in [5, 5.41) is 0. The van der Waals surface area contributed by atoms with E-state index in [1.54, 1.807) is 18.4 Å². The first kappa shape index (κ1) is 14.2. The van der Waals surface area contributed by atoms with E-state index in [0.29, 0.717) is 24.5 Å². The Hall–Kier alpha value is -2.24. The second-order valence-corrected chi connectivity index (χ2v) is 4.32. The number of ether oxygens (including phenoxy) is 2. The highest BCUT2D eigenvalue weighted by Crippen LogP contribution is 2.29. The summed E-state index contributed by atoms with van der Waals surface area (Å²) in [7, 11) is 0. The van der Waals surface area contributed by atoms with E-state index >= 15 is 0 Å². The van der Waals surface area contributed by atoms with Gasteiger partial charge in [0.25, 0.3) is 0 Å². The van der Waals surface area contributed by atoms with Crippen molar-refractivity contribution in [3.05, 3.63) is 18.2 Å². The Labute approximate surface area is 117 Å². The number of aromatic nitrogens is 2. The van der Waals surface area contributed by atoms with E-state index in [4.69, 9.17) is 15.2 Å². The maximum absolute atomic E-state index is 11.9. The van der Waals surface area contributed by atoms with Crippen molar-refractivity contribution in [3.8, 4) is 5.75 Å². The number of nitrogen functional groups attached to an aromatic ring is 1. The van der Waals surface area contributed by atoms with Gasteiger partial charge in [0.1, 0.15) is 17.3 Å². The second-order valence-electron chi connectivity index (χ2n) is 4.32. The van der Waals surface area contributed by atoms with Crippen molar-refractivity contribution < 1.29 is 14.3 Å². The van der Waals surface area contributed by atoms with Gasteiger partial charge in [-0.25, -0.2) is 9.78 Å². The quantitative estimate of drug-likeness (QED) is 0.847. The zero-order chi connectivity index (χ0) is 14.7. The Kier molecular flexibility index (Phi) is 4.12. The number of carbonyl (C=O) groups is 1. The van der Waals surface area contributed by atoms with Crippen molar-refractivity contribution in [2.75, 3.05) is 18.9 Å². The number of benzene rings is 1. The number of imidazole rings is 1. The van der Waals surface area contributed by atoms with Gasteiger partial charge in [0.15, 0.2) is 0 Å². The van der Waals surface area contributed by atoms with Crippen molar-refractivity contribution in [3.63, 3.8) is 0 Å². The first-order chi connectivity index (χ1) is 9.60. The molecule has 1 heterocycles. The van der Waals surface area contributed by atoms with Crippen LogP contribution in [-0.2, 0) is 9.53 Å². The fraction of sp³-hybridized carbons (Fsp3) is 0.429. The first-order valence-corrected chi connectivity index (χ1v) is 6.66. The molecule has 0 spiro atoms. The van der Waals surface area contributed by atoms with Crippen LogP contribution in [0.4, 0.5) is 5.95 Å². The maximum atomic E-state index is 11.9. The van der Waals surface area contributed by atoms with E-state index in [1.807, 2.05) is 25.1 Å². The lowest BCUT2D eigenvalue weighted by molar-refractivity contribution is -0.146. The summed E-state index contributed by atoms with van der Waals surface area (Å²) in [6.45, 7) is 6.29. The Balaban J connectivity index is 2.51. The SMILES string of the molecule is CCOC(=O)C(C)n1c(N)nc2c(OCC)cccc21. The van der Waals surface area contributed by atoms with Gasteiger partial charge in [-0.05, 0) is 32.9 Å². The van der Waals surface area contributed by atoms with Gasteiger partial charge in [-0.15, -0.1) is 0 Å². The van der Waals surface area contributed by atoms with Gasteiger partial charge in [0.2, 0.25) is 5.95 Å². The van der Waals surface area contributed by atoms with Crippen molar-refractivity contribution >= 4 is 23.0 Å². The van der Waals surface area contributed by atoms with Crippen LogP contribution in [0.1, 0.15) is 26.8 Å². The van der Waals surface area contributed by atoms with Gasteiger partial charge in [-0.3, -0.25) is 4.57 Å². The van der Waals surface area contributed by atoms with E-state index in [1.165, 1.54) is 0 Å². The lowest BCUT2D eigenvalue weighted by Gasteiger charge is -2.14. The number of hydrogen-bond donors (Lipinski definition) is 1. The molecule has 2 N–H and O–H groups in total. The van der Waals surface area contributed by atoms with Crippen LogP contribution in [0.25, 0.3) is 11.0 Å². The molecule has 2 rings (SSSR count). The van der Waals surface area contributed by atoms with Crippen LogP contribution in [0.5, 0.6) is 5.75 Å². The van der Waals surface area contributed by atoms with Crippen LogP contribution in [-0.4, -0.2) is 28.7 Å². The molecule has 1 unspecified atom stereocenters. The number of anilines is 1. The number of rotatable bonds is 5. The molecule has 0 aliphatic carbocycles. The number of para-hydroxylation sites is 1. The van der Waals surface area contributed by atoms with Crippen molar-refractivity contribution in [1.82, 2.24) is 9.55 Å². The van der Waals surface area contributed by atoms with Crippen LogP contribution >= 0.6 is 0 Å². The maximum Gasteiger partial charge on any atom is 0.328 e. The minimum absolute atomic E-state index is 0.271. The highest BCUT2D eigenvalue weighted by atomic mass is 16.5. The van der Waals surface area contributed by atoms with Gasteiger partial charge in [-0.1, -0.05) is 6.07 Å². The third-order valence-corrected chi connectivity index (χ3v) is 3.03. The molecular weight excluding hydrogens is 258 g/mol. The molecule has 1 atom stereocenters. The molecule has 0 fully saturated rings. The van der Waals surface area contributed by atoms with Crippen molar-refractivity contribution in [2.24, 2.45) is 0 Å². The molecule has 2 aromatic rings. The lowest BCUT2D eigenvalue weighted by Crippen LogP contribution is -2.20. The third kappa shape index (κ3) is 2.41. The van der Waals surface area contributed by atoms with Gasteiger partial charge >= 0.3 is 5.97 Å². The molecule has 0 aliphatic heterocycles. The average Bonchev–Trinajstić information content (AvgIpc) is 2.76. The topological polar surface area (TPSA) is 79.4 Å². The minimum atomic E-state index is -0.531. The predicted octanol–water partition coefficient (Wildman–Crippen LogP) is 2.14. The zero-order valence-electron chi connectivity index (χ0n) is 11.9. The fourth-order valence-electron chi connectivity index (χ4n) is 2.16. The Morgan fingerprint density at radius 3 is 2.80 bits per heavy atom. The van der Waals surface area contributed by atoms with Gasteiger partial charge < -0.3 is 15.2 Å². The molecule has 20 heavy (non-hydrogen) atoms. The molecule has 0 saturated carbocycles. The molecular formula is C14H19N3O3. The van der Waals surface area contributed by atoms with Crippen molar-refractivity contribution in [1.29, 1.82) is 0 Å². The highest BCUT2D eigenvalue weighted by molar-refractivity contribution is 5.87. The first-order valence-electron chi connectivity index (χ1n) is 6.66. The largest absolute Gasteiger partial charge is 0.492 e. The second kappa shape index (κ2) is 5.81. The monoisotopic (exact) mass is 277 g/mol. The molecule has 108 valence electrons. The zero-order valence-corrected chi connectivity index (χ0v) is 11.9. The van der Waals surface area contributed by atoms with Crippen LogP contribution in [0.15, 0.2) is 18.2 Å². The molecule has 0 bridgehead atoms. The third-order valence-electron chi connectivity index (χ3n) is 3.03. The van der Waals surface area contributed by atoms with Crippen LogP contribution < -0.4 is 10.5 Å². The summed E-state index contributed by atoms with van der Waals surface area (Å²) in [6, 6.07) is 5.01. The fourth-order valence-corrected chi connectivity index (χ4v) is 2.16. The summed E-state index contributed by atoms with van der Waals surface area (Å²) >= 11 is 0. The summed E-state index contributed by atoms with van der Waals surface area (Å²) in [5.41, 5.74) is 7.36. The van der Waals surface area contributed by atoms with Crippen LogP contribution in [0.3, 0.4) is 0 Å². The van der Waals surface area contributed by atoms with E-state index in [0.717, 1.165) is 5.52 Å². The number of nitrogens with two attached hydrogens (primary N) is 1. The number of esters is 1. The molecule has 0 radical (unpaired) electrons. The van der Waals surface area contributed by atoms with Crippen molar-refractivity contribution in [2.45, 2.75) is 26.8 Å². The summed E-state index contributed by atoms with van der Waals surface area (Å²) in [6.07, 6.45) is 0. The molecule has 0 saturated heterocycles. The smallest absolute Gasteiger partial charge is 0.328 e. The summed E-state index contributed by atoms with van der Waals surface area (Å²) in [5.74, 6) is 0.597. The number of carbonyl (C=O) groups excluding carboxylic acids is 1. The summed E-state index contributed by atoms with van der Waals surface area (Å²) in [4.78, 5) is 16.2. The average molecular weight is 277 g/mol. The van der Waals surface area contributed by atoms with Gasteiger partial charge in [0, 0.05) is 0 Å². The molecule has 1 aromatic carbocycles. The number of fused-ring (bicyclic) bond motifs is 1. The molecule has 0 aliphatic rings. The van der Waals surface area contributed by atoms with E-state index in [2.05, 4.69) is 4.98 Å².